The molecule has 0 aliphatic heterocycles. The summed E-state index contributed by atoms with van der Waals surface area (Å²) in [7, 11) is 3.19. The number of hydrogen-bond donors (Lipinski definition) is 2. The molecule has 1 aliphatic rings. The smallest absolute Gasteiger partial charge is 0.239 e. The fourth-order valence-electron chi connectivity index (χ4n) is 1.63. The van der Waals surface area contributed by atoms with Crippen molar-refractivity contribution < 1.29 is 14.3 Å². The number of ether oxygens (including phenoxy) is 2. The molecule has 18 heavy (non-hydrogen) atoms. The van der Waals surface area contributed by atoms with Crippen molar-refractivity contribution in [1.82, 2.24) is 5.32 Å². The third kappa shape index (κ3) is 3.29. The number of carbonyl (C=O) groups is 1. The molecule has 1 aromatic carbocycles. The largest absolute Gasteiger partial charge is 0.497 e. The van der Waals surface area contributed by atoms with Crippen LogP contribution in [0.5, 0.6) is 11.5 Å². The maximum Gasteiger partial charge on any atom is 0.239 e. The third-order valence-electron chi connectivity index (χ3n) is 2.79. The molecule has 5 heteroatoms. The van der Waals surface area contributed by atoms with Gasteiger partial charge in [0, 0.05) is 12.1 Å². The molecule has 5 nitrogen and oxygen atoms in total. The van der Waals surface area contributed by atoms with E-state index in [1.807, 2.05) is 12.1 Å². The van der Waals surface area contributed by atoms with Crippen molar-refractivity contribution in [1.29, 1.82) is 0 Å². The number of amides is 1. The number of hydrogen-bond acceptors (Lipinski definition) is 4. The number of methoxy groups -OCH3 is 2. The van der Waals surface area contributed by atoms with Crippen molar-refractivity contribution in [3.05, 3.63) is 18.2 Å². The van der Waals surface area contributed by atoms with Crippen molar-refractivity contribution in [2.45, 2.75) is 18.9 Å². The molecular formula is C13H18N2O3. The van der Waals surface area contributed by atoms with Crippen LogP contribution in [0.4, 0.5) is 5.69 Å². The van der Waals surface area contributed by atoms with Crippen LogP contribution in [0.25, 0.3) is 0 Å². The minimum atomic E-state index is 0.00960. The van der Waals surface area contributed by atoms with Gasteiger partial charge in [0.25, 0.3) is 0 Å². The summed E-state index contributed by atoms with van der Waals surface area (Å²) in [4.78, 5) is 11.6. The quantitative estimate of drug-likeness (QED) is 0.801. The molecule has 0 spiro atoms. The first-order chi connectivity index (χ1) is 8.72. The summed E-state index contributed by atoms with van der Waals surface area (Å²) < 4.78 is 10.4. The molecular weight excluding hydrogens is 232 g/mol. The van der Waals surface area contributed by atoms with Gasteiger partial charge >= 0.3 is 0 Å². The van der Waals surface area contributed by atoms with Gasteiger partial charge in [-0.1, -0.05) is 0 Å². The lowest BCUT2D eigenvalue weighted by molar-refractivity contribution is -0.119. The SMILES string of the molecule is COc1ccc(NCC(=O)NC2CC2)c(OC)c1. The second-order valence-electron chi connectivity index (χ2n) is 4.26. The van der Waals surface area contributed by atoms with Crippen molar-refractivity contribution in [2.24, 2.45) is 0 Å². The van der Waals surface area contributed by atoms with E-state index in [0.29, 0.717) is 11.8 Å². The number of nitrogens with one attached hydrogen (secondary N) is 2. The number of rotatable bonds is 6. The molecule has 2 N–H and O–H groups in total. The van der Waals surface area contributed by atoms with Gasteiger partial charge in [-0.05, 0) is 25.0 Å². The lowest BCUT2D eigenvalue weighted by Gasteiger charge is -2.12. The zero-order valence-electron chi connectivity index (χ0n) is 10.7. The molecule has 0 radical (unpaired) electrons. The van der Waals surface area contributed by atoms with Gasteiger partial charge in [0.05, 0.1) is 26.5 Å². The molecule has 1 aromatic rings. The molecule has 2 rings (SSSR count). The molecule has 0 bridgehead atoms. The maximum atomic E-state index is 11.6. The van der Waals surface area contributed by atoms with E-state index in [1.54, 1.807) is 20.3 Å². The highest BCUT2D eigenvalue weighted by Gasteiger charge is 2.22. The Balaban J connectivity index is 1.92. The van der Waals surface area contributed by atoms with E-state index >= 15 is 0 Å². The lowest BCUT2D eigenvalue weighted by Crippen LogP contribution is -2.31. The summed E-state index contributed by atoms with van der Waals surface area (Å²) in [5.74, 6) is 1.39. The Morgan fingerprint density at radius 1 is 1.33 bits per heavy atom. The summed E-state index contributed by atoms with van der Waals surface area (Å²) in [6, 6.07) is 5.82. The second kappa shape index (κ2) is 5.62. The minimum Gasteiger partial charge on any atom is -0.497 e. The Labute approximate surface area is 106 Å². The Hall–Kier alpha value is -1.91. The van der Waals surface area contributed by atoms with E-state index < -0.39 is 0 Å². The maximum absolute atomic E-state index is 11.6. The van der Waals surface area contributed by atoms with Crippen molar-refractivity contribution >= 4 is 11.6 Å². The van der Waals surface area contributed by atoms with Crippen molar-refractivity contribution in [3.63, 3.8) is 0 Å². The monoisotopic (exact) mass is 250 g/mol. The average Bonchev–Trinajstić information content (AvgIpc) is 3.20. The first kappa shape index (κ1) is 12.5. The first-order valence-corrected chi connectivity index (χ1v) is 5.98. The van der Waals surface area contributed by atoms with Gasteiger partial charge in [-0.15, -0.1) is 0 Å². The molecule has 0 heterocycles. The molecule has 1 fully saturated rings. The predicted octanol–water partition coefficient (Wildman–Crippen LogP) is 1.39. The second-order valence-corrected chi connectivity index (χ2v) is 4.26. The van der Waals surface area contributed by atoms with Crippen LogP contribution in [0.2, 0.25) is 0 Å². The molecule has 1 amide bonds. The highest BCUT2D eigenvalue weighted by Crippen LogP contribution is 2.28. The van der Waals surface area contributed by atoms with Gasteiger partial charge in [0.2, 0.25) is 5.91 Å². The highest BCUT2D eigenvalue weighted by atomic mass is 16.5. The number of carbonyl (C=O) groups excluding carboxylic acids is 1. The van der Waals surface area contributed by atoms with E-state index in [2.05, 4.69) is 10.6 Å². The number of anilines is 1. The van der Waals surface area contributed by atoms with E-state index in [-0.39, 0.29) is 12.5 Å². The Bertz CT molecular complexity index is 430. The normalized spacial score (nSPS) is 13.9. The third-order valence-corrected chi connectivity index (χ3v) is 2.79. The molecule has 1 aliphatic carbocycles. The standard InChI is InChI=1S/C13H18N2O3/c1-17-10-5-6-11(12(7-10)18-2)14-8-13(16)15-9-3-4-9/h5-7,9,14H,3-4,8H2,1-2H3,(H,15,16). The summed E-state index contributed by atoms with van der Waals surface area (Å²) in [5, 5.41) is 5.97. The summed E-state index contributed by atoms with van der Waals surface area (Å²) >= 11 is 0. The zero-order valence-corrected chi connectivity index (χ0v) is 10.7. The Kier molecular flexibility index (Phi) is 3.92. The van der Waals surface area contributed by atoms with Gasteiger partial charge in [-0.25, -0.2) is 0 Å². The van der Waals surface area contributed by atoms with E-state index in [9.17, 15) is 4.79 Å². The molecule has 98 valence electrons. The van der Waals surface area contributed by atoms with Gasteiger partial charge < -0.3 is 20.1 Å². The average molecular weight is 250 g/mol. The van der Waals surface area contributed by atoms with Crippen LogP contribution < -0.4 is 20.1 Å². The van der Waals surface area contributed by atoms with Gasteiger partial charge in [-0.2, -0.15) is 0 Å². The molecule has 0 aromatic heterocycles. The number of benzene rings is 1. The van der Waals surface area contributed by atoms with Crippen LogP contribution in [0.1, 0.15) is 12.8 Å². The van der Waals surface area contributed by atoms with Crippen LogP contribution >= 0.6 is 0 Å². The van der Waals surface area contributed by atoms with Crippen LogP contribution in [0.3, 0.4) is 0 Å². The highest BCUT2D eigenvalue weighted by molar-refractivity contribution is 5.81. The molecule has 0 unspecified atom stereocenters. The zero-order chi connectivity index (χ0) is 13.0. The van der Waals surface area contributed by atoms with Gasteiger partial charge in [0.1, 0.15) is 11.5 Å². The molecule has 1 saturated carbocycles. The van der Waals surface area contributed by atoms with Crippen molar-refractivity contribution in [2.75, 3.05) is 26.1 Å². The molecule has 0 saturated heterocycles. The summed E-state index contributed by atoms with van der Waals surface area (Å²) in [5.41, 5.74) is 0.782. The van der Waals surface area contributed by atoms with E-state index in [4.69, 9.17) is 9.47 Å². The van der Waals surface area contributed by atoms with E-state index in [1.165, 1.54) is 0 Å². The lowest BCUT2D eigenvalue weighted by atomic mass is 10.2. The Morgan fingerprint density at radius 3 is 2.72 bits per heavy atom. The van der Waals surface area contributed by atoms with E-state index in [0.717, 1.165) is 24.3 Å². The predicted molar refractivity (Wildman–Crippen MR) is 69.2 cm³/mol. The Morgan fingerprint density at radius 2 is 2.11 bits per heavy atom. The fourth-order valence-corrected chi connectivity index (χ4v) is 1.63. The van der Waals surface area contributed by atoms with Crippen molar-refractivity contribution in [3.8, 4) is 11.5 Å². The first-order valence-electron chi connectivity index (χ1n) is 5.98. The van der Waals surface area contributed by atoms with Gasteiger partial charge in [-0.3, -0.25) is 4.79 Å². The topological polar surface area (TPSA) is 59.6 Å². The van der Waals surface area contributed by atoms with Crippen LogP contribution in [-0.4, -0.2) is 32.7 Å². The van der Waals surface area contributed by atoms with Crippen LogP contribution in [-0.2, 0) is 4.79 Å². The molecule has 0 atom stereocenters. The summed E-state index contributed by atoms with van der Waals surface area (Å²) in [6.07, 6.45) is 2.19. The summed E-state index contributed by atoms with van der Waals surface area (Å²) in [6.45, 7) is 0.249. The minimum absolute atomic E-state index is 0.00960. The fraction of sp³-hybridized carbons (Fsp3) is 0.462. The van der Waals surface area contributed by atoms with Crippen LogP contribution in [0, 0.1) is 0 Å². The van der Waals surface area contributed by atoms with Gasteiger partial charge in [0.15, 0.2) is 0 Å². The van der Waals surface area contributed by atoms with Crippen LogP contribution in [0.15, 0.2) is 18.2 Å².